The molecule has 0 aliphatic heterocycles. The first-order valence-corrected chi connectivity index (χ1v) is 6.57. The van der Waals surface area contributed by atoms with Crippen LogP contribution in [0.3, 0.4) is 0 Å². The van der Waals surface area contributed by atoms with Crippen molar-refractivity contribution in [2.24, 2.45) is 0 Å². The van der Waals surface area contributed by atoms with Crippen LogP contribution < -0.4 is 0 Å². The van der Waals surface area contributed by atoms with E-state index in [1.54, 1.807) is 0 Å². The van der Waals surface area contributed by atoms with Crippen LogP contribution in [-0.4, -0.2) is 75.2 Å². The SMILES string of the molecule is O=C(O)C(=O)OS(=O)(=O)CS(=O)(=O)OB(O)O.[LiH]. The number of carboxylic acid groups (broad SMARTS) is 1. The molecule has 0 bridgehead atoms. The van der Waals surface area contributed by atoms with Crippen molar-refractivity contribution in [3.63, 3.8) is 0 Å². The molecule has 11 nitrogen and oxygen atoms in total. The monoisotopic (exact) mass is 300 g/mol. The van der Waals surface area contributed by atoms with Crippen LogP contribution in [0, 0.1) is 0 Å². The molecular weight excluding hydrogens is 294 g/mol. The molecule has 0 atom stereocenters. The maximum atomic E-state index is 10.8. The molecule has 0 aliphatic carbocycles. The zero-order valence-electron chi connectivity index (χ0n) is 7.71. The van der Waals surface area contributed by atoms with E-state index in [2.05, 4.69) is 8.28 Å². The summed E-state index contributed by atoms with van der Waals surface area (Å²) in [5.41, 5.74) is 0. The molecule has 0 saturated carbocycles. The molecule has 0 radical (unpaired) electrons. The Balaban J connectivity index is 0. The first-order valence-electron chi connectivity index (χ1n) is 3.42. The van der Waals surface area contributed by atoms with Gasteiger partial charge in [-0.25, -0.2) is 9.59 Å². The molecule has 15 heteroatoms. The predicted octanol–water partition coefficient (Wildman–Crippen LogP) is -4.43. The fraction of sp³-hybridized carbons (Fsp3) is 0.333. The van der Waals surface area contributed by atoms with Gasteiger partial charge in [0, 0.05) is 0 Å². The molecule has 0 heterocycles. The van der Waals surface area contributed by atoms with Gasteiger partial charge in [-0.3, -0.25) is 4.10 Å². The van der Waals surface area contributed by atoms with Gasteiger partial charge in [-0.2, -0.15) is 16.8 Å². The Morgan fingerprint density at radius 2 is 1.50 bits per heavy atom. The summed E-state index contributed by atoms with van der Waals surface area (Å²) in [6.45, 7) is 0. The number of rotatable bonds is 5. The number of aliphatic carboxylic acids is 1. The van der Waals surface area contributed by atoms with Crippen LogP contribution in [0.4, 0.5) is 0 Å². The molecule has 3 N–H and O–H groups in total. The summed E-state index contributed by atoms with van der Waals surface area (Å²) in [6.07, 6.45) is 0. The molecule has 0 aliphatic rings. The van der Waals surface area contributed by atoms with Crippen LogP contribution in [0.25, 0.3) is 0 Å². The summed E-state index contributed by atoms with van der Waals surface area (Å²) in [4.78, 5) is 20.3. The fourth-order valence-electron chi connectivity index (χ4n) is 0.511. The second-order valence-corrected chi connectivity index (χ2v) is 5.86. The maximum absolute atomic E-state index is 10.8. The van der Waals surface area contributed by atoms with Crippen molar-refractivity contribution in [1.29, 1.82) is 0 Å². The van der Waals surface area contributed by atoms with Gasteiger partial charge in [0.2, 0.25) is 5.08 Å². The summed E-state index contributed by atoms with van der Waals surface area (Å²) < 4.78 is 49.8. The van der Waals surface area contributed by atoms with Crippen LogP contribution in [-0.2, 0) is 38.1 Å². The molecule has 0 spiro atoms. The average Bonchev–Trinajstić information content (AvgIpc) is 1.96. The van der Waals surface area contributed by atoms with Crippen LogP contribution in [0.2, 0.25) is 0 Å². The number of carbonyl (C=O) groups excluding carboxylic acids is 1. The quantitative estimate of drug-likeness (QED) is 0.253. The van der Waals surface area contributed by atoms with Gasteiger partial charge in [0.25, 0.3) is 10.1 Å². The minimum atomic E-state index is -5.09. The van der Waals surface area contributed by atoms with Gasteiger partial charge < -0.3 is 19.3 Å². The van der Waals surface area contributed by atoms with Crippen LogP contribution in [0.1, 0.15) is 0 Å². The van der Waals surface area contributed by atoms with Crippen LogP contribution >= 0.6 is 0 Å². The summed E-state index contributed by atoms with van der Waals surface area (Å²) in [6, 6.07) is 0. The van der Waals surface area contributed by atoms with Crippen molar-refractivity contribution in [2.75, 3.05) is 5.08 Å². The summed E-state index contributed by atoms with van der Waals surface area (Å²) >= 11 is 0. The molecule has 0 amide bonds. The molecular formula is C3H6BLiO11S2. The Kier molecular flexibility index (Phi) is 7.77. The minimum absolute atomic E-state index is 0. The standard InChI is InChI=1S/C3H5BO11S2.Li.H/c5-2(6)3(7)14-16(10,11)1-17(12,13)15-4(8)9;;/h8-9H,1H2,(H,5,6);;. The molecule has 0 fully saturated rings. The Labute approximate surface area is 113 Å². The Hall–Kier alpha value is -0.618. The van der Waals surface area contributed by atoms with Gasteiger partial charge in [-0.1, -0.05) is 0 Å². The second-order valence-electron chi connectivity index (χ2n) is 2.33. The first-order chi connectivity index (χ1) is 7.45. The van der Waals surface area contributed by atoms with Gasteiger partial charge >= 0.3 is 48.2 Å². The molecule has 100 valence electrons. The topological polar surface area (TPSA) is 182 Å². The predicted molar refractivity (Wildman–Crippen MR) is 54.9 cm³/mol. The van der Waals surface area contributed by atoms with E-state index in [-0.39, 0.29) is 18.9 Å². The number of carbonyl (C=O) groups is 2. The van der Waals surface area contributed by atoms with Crippen LogP contribution in [0.5, 0.6) is 0 Å². The molecule has 0 unspecified atom stereocenters. The van der Waals surface area contributed by atoms with Crippen molar-refractivity contribution < 1.29 is 49.9 Å². The van der Waals surface area contributed by atoms with Crippen molar-refractivity contribution in [3.05, 3.63) is 0 Å². The van der Waals surface area contributed by atoms with E-state index in [0.717, 1.165) is 0 Å². The molecule has 0 saturated heterocycles. The van der Waals surface area contributed by atoms with Crippen molar-refractivity contribution in [1.82, 2.24) is 0 Å². The normalized spacial score (nSPS) is 11.2. The summed E-state index contributed by atoms with van der Waals surface area (Å²) in [7, 11) is -12.9. The van der Waals surface area contributed by atoms with Crippen molar-refractivity contribution >= 4 is 58.4 Å². The number of hydrogen-bond acceptors (Lipinski definition) is 10. The molecule has 0 rings (SSSR count). The molecule has 0 aromatic heterocycles. The van der Waals surface area contributed by atoms with E-state index in [1.165, 1.54) is 0 Å². The number of carboxylic acids is 1. The van der Waals surface area contributed by atoms with Gasteiger partial charge in [-0.05, 0) is 0 Å². The van der Waals surface area contributed by atoms with E-state index < -0.39 is 44.6 Å². The Bertz CT molecular complexity index is 504. The third-order valence-electron chi connectivity index (χ3n) is 0.899. The molecule has 0 aromatic rings. The van der Waals surface area contributed by atoms with E-state index in [1.807, 2.05) is 0 Å². The fourth-order valence-corrected chi connectivity index (χ4v) is 2.90. The number of hydrogen-bond donors (Lipinski definition) is 3. The van der Waals surface area contributed by atoms with Crippen molar-refractivity contribution in [3.8, 4) is 0 Å². The third kappa shape index (κ3) is 8.47. The molecule has 18 heavy (non-hydrogen) atoms. The Morgan fingerprint density at radius 3 is 1.83 bits per heavy atom. The van der Waals surface area contributed by atoms with E-state index in [0.29, 0.717) is 0 Å². The van der Waals surface area contributed by atoms with Gasteiger partial charge in [0.05, 0.1) is 0 Å². The zero-order chi connectivity index (χ0) is 13.9. The Morgan fingerprint density at radius 1 is 1.06 bits per heavy atom. The van der Waals surface area contributed by atoms with Gasteiger partial charge in [-0.15, -0.1) is 0 Å². The van der Waals surface area contributed by atoms with Gasteiger partial charge in [0.15, 0.2) is 0 Å². The third-order valence-corrected chi connectivity index (χ3v) is 4.08. The van der Waals surface area contributed by atoms with Gasteiger partial charge in [0.1, 0.15) is 0 Å². The molecule has 0 aromatic carbocycles. The first kappa shape index (κ1) is 19.7. The summed E-state index contributed by atoms with van der Waals surface area (Å²) in [5, 5.41) is 22.3. The van der Waals surface area contributed by atoms with E-state index >= 15 is 0 Å². The van der Waals surface area contributed by atoms with E-state index in [9.17, 15) is 26.4 Å². The zero-order valence-corrected chi connectivity index (χ0v) is 9.34. The van der Waals surface area contributed by atoms with Crippen LogP contribution in [0.15, 0.2) is 0 Å². The average molecular weight is 300 g/mol. The van der Waals surface area contributed by atoms with E-state index in [4.69, 9.17) is 15.2 Å². The second kappa shape index (κ2) is 7.09. The van der Waals surface area contributed by atoms with Crippen molar-refractivity contribution in [2.45, 2.75) is 0 Å². The summed E-state index contributed by atoms with van der Waals surface area (Å²) in [5.74, 6) is -4.47.